The maximum atomic E-state index is 13.0. The molecule has 0 saturated carbocycles. The molecule has 0 saturated heterocycles. The van der Waals surface area contributed by atoms with Crippen LogP contribution in [0.1, 0.15) is 40.8 Å². The molecule has 0 bridgehead atoms. The van der Waals surface area contributed by atoms with Crippen molar-refractivity contribution in [1.82, 2.24) is 15.0 Å². The molecule has 0 fully saturated rings. The number of ether oxygens (including phenoxy) is 1. The lowest BCUT2D eigenvalue weighted by Gasteiger charge is -2.08. The Kier molecular flexibility index (Phi) is 4.86. The van der Waals surface area contributed by atoms with E-state index < -0.39 is 18.1 Å². The molecule has 2 aromatic heterocycles. The third kappa shape index (κ3) is 3.77. The summed E-state index contributed by atoms with van der Waals surface area (Å²) in [6.07, 6.45) is 1.68. The van der Waals surface area contributed by atoms with Gasteiger partial charge in [-0.05, 0) is 18.6 Å². The Bertz CT molecular complexity index is 621. The van der Waals surface area contributed by atoms with Gasteiger partial charge in [-0.2, -0.15) is 0 Å². The molecular formula is C14H13F2N3O2. The SMILES string of the molecule is CCOC(=O)c1cnc(Cc2cccnc2)nc1C(F)F. The van der Waals surface area contributed by atoms with Crippen LogP contribution in [0.3, 0.4) is 0 Å². The summed E-state index contributed by atoms with van der Waals surface area (Å²) >= 11 is 0. The number of aromatic nitrogens is 3. The van der Waals surface area contributed by atoms with Crippen molar-refractivity contribution in [3.05, 3.63) is 53.4 Å². The first-order chi connectivity index (χ1) is 10.1. The van der Waals surface area contributed by atoms with E-state index in [0.717, 1.165) is 11.8 Å². The molecule has 0 N–H and O–H groups in total. The second-order valence-electron chi connectivity index (χ2n) is 4.14. The molecule has 0 aliphatic rings. The summed E-state index contributed by atoms with van der Waals surface area (Å²) in [5, 5.41) is 0. The fraction of sp³-hybridized carbons (Fsp3) is 0.286. The minimum absolute atomic E-state index is 0.0962. The number of carbonyl (C=O) groups excluding carboxylic acids is 1. The average molecular weight is 293 g/mol. The van der Waals surface area contributed by atoms with Gasteiger partial charge in [0.1, 0.15) is 17.1 Å². The monoisotopic (exact) mass is 293 g/mol. The standard InChI is InChI=1S/C14H13F2N3O2/c1-2-21-14(20)10-8-18-11(19-12(10)13(15)16)6-9-4-3-5-17-7-9/h3-5,7-8,13H,2,6H2,1H3. The third-order valence-electron chi connectivity index (χ3n) is 2.66. The van der Waals surface area contributed by atoms with E-state index in [4.69, 9.17) is 4.74 Å². The fourth-order valence-electron chi connectivity index (χ4n) is 1.74. The van der Waals surface area contributed by atoms with Gasteiger partial charge in [-0.25, -0.2) is 23.5 Å². The van der Waals surface area contributed by atoms with Crippen molar-refractivity contribution < 1.29 is 18.3 Å². The van der Waals surface area contributed by atoms with Gasteiger partial charge in [0.2, 0.25) is 0 Å². The van der Waals surface area contributed by atoms with Crippen LogP contribution in [0.15, 0.2) is 30.7 Å². The van der Waals surface area contributed by atoms with Gasteiger partial charge in [-0.3, -0.25) is 4.98 Å². The highest BCUT2D eigenvalue weighted by atomic mass is 19.3. The van der Waals surface area contributed by atoms with Crippen molar-refractivity contribution in [2.24, 2.45) is 0 Å². The Morgan fingerprint density at radius 3 is 2.81 bits per heavy atom. The van der Waals surface area contributed by atoms with Gasteiger partial charge < -0.3 is 4.74 Å². The quantitative estimate of drug-likeness (QED) is 0.793. The molecule has 0 amide bonds. The highest BCUT2D eigenvalue weighted by Gasteiger charge is 2.22. The van der Waals surface area contributed by atoms with Crippen LogP contribution in [-0.4, -0.2) is 27.5 Å². The molecule has 2 aromatic rings. The molecule has 7 heteroatoms. The summed E-state index contributed by atoms with van der Waals surface area (Å²) < 4.78 is 30.8. The predicted molar refractivity (Wildman–Crippen MR) is 70.0 cm³/mol. The van der Waals surface area contributed by atoms with Crippen molar-refractivity contribution in [2.45, 2.75) is 19.8 Å². The zero-order chi connectivity index (χ0) is 15.2. The fourth-order valence-corrected chi connectivity index (χ4v) is 1.74. The topological polar surface area (TPSA) is 65.0 Å². The molecule has 21 heavy (non-hydrogen) atoms. The molecule has 0 unspecified atom stereocenters. The minimum Gasteiger partial charge on any atom is -0.462 e. The summed E-state index contributed by atoms with van der Waals surface area (Å²) in [6, 6.07) is 3.52. The van der Waals surface area contributed by atoms with E-state index in [1.165, 1.54) is 0 Å². The number of carbonyl (C=O) groups is 1. The van der Waals surface area contributed by atoms with E-state index in [2.05, 4.69) is 15.0 Å². The number of alkyl halides is 2. The predicted octanol–water partition coefficient (Wildman–Crippen LogP) is 2.58. The molecular weight excluding hydrogens is 280 g/mol. The molecule has 0 radical (unpaired) electrons. The summed E-state index contributed by atoms with van der Waals surface area (Å²) in [7, 11) is 0. The summed E-state index contributed by atoms with van der Waals surface area (Å²) in [6.45, 7) is 1.69. The lowest BCUT2D eigenvalue weighted by Crippen LogP contribution is -2.13. The Morgan fingerprint density at radius 2 is 2.19 bits per heavy atom. The number of pyridine rings is 1. The van der Waals surface area contributed by atoms with Crippen LogP contribution in [0.2, 0.25) is 0 Å². The van der Waals surface area contributed by atoms with Gasteiger partial charge in [-0.15, -0.1) is 0 Å². The number of nitrogens with zero attached hydrogens (tertiary/aromatic N) is 3. The molecule has 0 aromatic carbocycles. The molecule has 0 aliphatic carbocycles. The van der Waals surface area contributed by atoms with Crippen LogP contribution < -0.4 is 0 Å². The number of hydrogen-bond donors (Lipinski definition) is 0. The van der Waals surface area contributed by atoms with Crippen molar-refractivity contribution >= 4 is 5.97 Å². The highest BCUT2D eigenvalue weighted by Crippen LogP contribution is 2.21. The van der Waals surface area contributed by atoms with Gasteiger partial charge >= 0.3 is 5.97 Å². The summed E-state index contributed by atoms with van der Waals surface area (Å²) in [5.74, 6) is -0.646. The lowest BCUT2D eigenvalue weighted by molar-refractivity contribution is 0.0512. The summed E-state index contributed by atoms with van der Waals surface area (Å²) in [4.78, 5) is 23.3. The van der Waals surface area contributed by atoms with E-state index in [-0.39, 0.29) is 24.4 Å². The van der Waals surface area contributed by atoms with Gasteiger partial charge in [0.15, 0.2) is 0 Å². The number of esters is 1. The normalized spacial score (nSPS) is 10.7. The smallest absolute Gasteiger partial charge is 0.341 e. The van der Waals surface area contributed by atoms with E-state index in [0.29, 0.717) is 0 Å². The Hall–Kier alpha value is -2.44. The third-order valence-corrected chi connectivity index (χ3v) is 2.66. The largest absolute Gasteiger partial charge is 0.462 e. The van der Waals surface area contributed by atoms with Crippen molar-refractivity contribution in [3.8, 4) is 0 Å². The molecule has 0 atom stereocenters. The van der Waals surface area contributed by atoms with Gasteiger partial charge in [0.25, 0.3) is 6.43 Å². The van der Waals surface area contributed by atoms with Crippen LogP contribution in [0.5, 0.6) is 0 Å². The van der Waals surface area contributed by atoms with E-state index >= 15 is 0 Å². The van der Waals surface area contributed by atoms with Crippen LogP contribution in [0.25, 0.3) is 0 Å². The molecule has 0 spiro atoms. The zero-order valence-corrected chi connectivity index (χ0v) is 11.3. The lowest BCUT2D eigenvalue weighted by atomic mass is 10.2. The van der Waals surface area contributed by atoms with Crippen LogP contribution in [0.4, 0.5) is 8.78 Å². The van der Waals surface area contributed by atoms with Gasteiger partial charge in [0.05, 0.1) is 6.61 Å². The van der Waals surface area contributed by atoms with Crippen LogP contribution >= 0.6 is 0 Å². The van der Waals surface area contributed by atoms with Gasteiger partial charge in [0, 0.05) is 25.0 Å². The molecule has 2 heterocycles. The first kappa shape index (κ1) is 15.0. The van der Waals surface area contributed by atoms with Crippen LogP contribution in [-0.2, 0) is 11.2 Å². The Morgan fingerprint density at radius 1 is 1.38 bits per heavy atom. The minimum atomic E-state index is -2.87. The number of halogens is 2. The van der Waals surface area contributed by atoms with Crippen LogP contribution in [0, 0.1) is 0 Å². The maximum Gasteiger partial charge on any atom is 0.341 e. The molecule has 2 rings (SSSR count). The Balaban J connectivity index is 2.30. The number of rotatable bonds is 5. The molecule has 5 nitrogen and oxygen atoms in total. The molecule has 0 aliphatic heterocycles. The number of hydrogen-bond acceptors (Lipinski definition) is 5. The second-order valence-corrected chi connectivity index (χ2v) is 4.14. The van der Waals surface area contributed by atoms with E-state index in [1.807, 2.05) is 0 Å². The second kappa shape index (κ2) is 6.83. The first-order valence-electron chi connectivity index (χ1n) is 6.31. The van der Waals surface area contributed by atoms with Crippen molar-refractivity contribution in [1.29, 1.82) is 0 Å². The van der Waals surface area contributed by atoms with Crippen molar-refractivity contribution in [2.75, 3.05) is 6.61 Å². The average Bonchev–Trinajstić information content (AvgIpc) is 2.48. The van der Waals surface area contributed by atoms with Gasteiger partial charge in [-0.1, -0.05) is 6.07 Å². The van der Waals surface area contributed by atoms with Crippen molar-refractivity contribution in [3.63, 3.8) is 0 Å². The van der Waals surface area contributed by atoms with E-state index in [1.54, 1.807) is 31.5 Å². The first-order valence-corrected chi connectivity index (χ1v) is 6.31. The maximum absolute atomic E-state index is 13.0. The highest BCUT2D eigenvalue weighted by molar-refractivity contribution is 5.90. The molecule has 110 valence electrons. The van der Waals surface area contributed by atoms with E-state index in [9.17, 15) is 13.6 Å². The Labute approximate surface area is 120 Å². The zero-order valence-electron chi connectivity index (χ0n) is 11.3. The summed E-state index contributed by atoms with van der Waals surface area (Å²) in [5.41, 5.74) is -0.120.